The number of anilines is 1. The molecule has 0 atom stereocenters. The van der Waals surface area contributed by atoms with Crippen LogP contribution in [0, 0.1) is 5.82 Å². The maximum absolute atomic E-state index is 13.1. The van der Waals surface area contributed by atoms with E-state index in [2.05, 4.69) is 14.6 Å². The molecule has 0 unspecified atom stereocenters. The van der Waals surface area contributed by atoms with Crippen molar-refractivity contribution in [1.29, 1.82) is 0 Å². The zero-order valence-electron chi connectivity index (χ0n) is 17.5. The van der Waals surface area contributed by atoms with Crippen LogP contribution in [0.25, 0.3) is 10.6 Å². The molecule has 1 saturated heterocycles. The number of carbonyl (C=O) groups is 1. The van der Waals surface area contributed by atoms with Crippen LogP contribution in [0.1, 0.15) is 16.1 Å². The Morgan fingerprint density at radius 1 is 1.12 bits per heavy atom. The van der Waals surface area contributed by atoms with Crippen LogP contribution in [0.15, 0.2) is 53.9 Å². The van der Waals surface area contributed by atoms with Crippen LogP contribution in [-0.4, -0.2) is 61.5 Å². The van der Waals surface area contributed by atoms with E-state index in [-0.39, 0.29) is 11.7 Å². The summed E-state index contributed by atoms with van der Waals surface area (Å²) in [6.45, 7) is 3.29. The number of amides is 1. The second-order valence-corrected chi connectivity index (χ2v) is 10.3. The first-order valence-electron chi connectivity index (χ1n) is 10.1. The van der Waals surface area contributed by atoms with Crippen molar-refractivity contribution in [2.24, 2.45) is 0 Å². The van der Waals surface area contributed by atoms with Crippen LogP contribution in [0.2, 0.25) is 0 Å². The van der Waals surface area contributed by atoms with Crippen molar-refractivity contribution < 1.29 is 17.6 Å². The van der Waals surface area contributed by atoms with E-state index in [9.17, 15) is 17.6 Å². The summed E-state index contributed by atoms with van der Waals surface area (Å²) < 4.78 is 38.4. The summed E-state index contributed by atoms with van der Waals surface area (Å²) in [5.41, 5.74) is 2.67. The zero-order valence-corrected chi connectivity index (χ0v) is 19.1. The van der Waals surface area contributed by atoms with Gasteiger partial charge in [0, 0.05) is 54.9 Å². The van der Waals surface area contributed by atoms with E-state index in [1.165, 1.54) is 23.5 Å². The Hall–Kier alpha value is -2.82. The van der Waals surface area contributed by atoms with Crippen molar-refractivity contribution in [1.82, 2.24) is 14.8 Å². The molecule has 2 aromatic carbocycles. The molecule has 0 aliphatic carbocycles. The van der Waals surface area contributed by atoms with Gasteiger partial charge in [0.25, 0.3) is 5.91 Å². The van der Waals surface area contributed by atoms with Gasteiger partial charge in [0.05, 0.1) is 11.9 Å². The first kappa shape index (κ1) is 22.4. The second-order valence-electron chi connectivity index (χ2n) is 7.67. The van der Waals surface area contributed by atoms with E-state index in [4.69, 9.17) is 0 Å². The number of hydrogen-bond donors (Lipinski definition) is 1. The van der Waals surface area contributed by atoms with E-state index in [1.807, 2.05) is 5.38 Å². The average molecular weight is 475 g/mol. The minimum Gasteiger partial charge on any atom is -0.336 e. The molecule has 0 saturated carbocycles. The molecule has 168 valence electrons. The summed E-state index contributed by atoms with van der Waals surface area (Å²) in [7, 11) is -3.40. The van der Waals surface area contributed by atoms with E-state index >= 15 is 0 Å². The lowest BCUT2D eigenvalue weighted by Gasteiger charge is -2.34. The Morgan fingerprint density at radius 2 is 1.84 bits per heavy atom. The summed E-state index contributed by atoms with van der Waals surface area (Å²) in [6, 6.07) is 12.8. The second kappa shape index (κ2) is 9.35. The molecule has 10 heteroatoms. The SMILES string of the molecule is CS(=O)(=O)Nc1cccc(C(=O)N2CCN(Cc3csc(-c4ccc(F)cc4)n3)CC2)c1. The number of rotatable bonds is 6. The average Bonchev–Trinajstić information content (AvgIpc) is 3.22. The predicted molar refractivity (Wildman–Crippen MR) is 124 cm³/mol. The lowest BCUT2D eigenvalue weighted by atomic mass is 10.1. The predicted octanol–water partition coefficient (Wildman–Crippen LogP) is 3.28. The molecule has 7 nitrogen and oxygen atoms in total. The molecular weight excluding hydrogens is 451 g/mol. The third-order valence-corrected chi connectivity index (χ3v) is 6.65. The quantitative estimate of drug-likeness (QED) is 0.593. The molecule has 0 spiro atoms. The van der Waals surface area contributed by atoms with Gasteiger partial charge in [0.15, 0.2) is 0 Å². The minimum atomic E-state index is -3.40. The molecule has 1 amide bonds. The lowest BCUT2D eigenvalue weighted by molar-refractivity contribution is 0.0627. The van der Waals surface area contributed by atoms with Crippen molar-refractivity contribution in [2.45, 2.75) is 6.54 Å². The van der Waals surface area contributed by atoms with Crippen LogP contribution in [0.5, 0.6) is 0 Å². The maximum Gasteiger partial charge on any atom is 0.254 e. The minimum absolute atomic E-state index is 0.117. The van der Waals surface area contributed by atoms with Crippen molar-refractivity contribution >= 4 is 33.0 Å². The molecule has 1 N–H and O–H groups in total. The number of nitrogens with one attached hydrogen (secondary N) is 1. The largest absolute Gasteiger partial charge is 0.336 e. The number of carbonyl (C=O) groups excluding carboxylic acids is 1. The van der Waals surface area contributed by atoms with Gasteiger partial charge in [-0.25, -0.2) is 17.8 Å². The number of piperazine rings is 1. The number of hydrogen-bond acceptors (Lipinski definition) is 6. The lowest BCUT2D eigenvalue weighted by Crippen LogP contribution is -2.48. The molecule has 4 rings (SSSR count). The monoisotopic (exact) mass is 474 g/mol. The molecule has 32 heavy (non-hydrogen) atoms. The Labute approximate surface area is 190 Å². The number of nitrogens with zero attached hydrogens (tertiary/aromatic N) is 3. The van der Waals surface area contributed by atoms with Gasteiger partial charge in [0.1, 0.15) is 10.8 Å². The molecular formula is C22H23FN4O3S2. The molecule has 3 aromatic rings. The molecule has 1 fully saturated rings. The topological polar surface area (TPSA) is 82.6 Å². The summed E-state index contributed by atoms with van der Waals surface area (Å²) in [6.07, 6.45) is 1.08. The number of aromatic nitrogens is 1. The highest BCUT2D eigenvalue weighted by atomic mass is 32.2. The number of halogens is 1. The van der Waals surface area contributed by atoms with Gasteiger partial charge < -0.3 is 4.90 Å². The zero-order chi connectivity index (χ0) is 22.7. The fourth-order valence-corrected chi connectivity index (χ4v) is 4.93. The van der Waals surface area contributed by atoms with E-state index in [0.717, 1.165) is 35.6 Å². The standard InChI is InChI=1S/C22H23FN4O3S2/c1-32(29,30)25-19-4-2-3-17(13-19)22(28)27-11-9-26(10-12-27)14-20-15-31-21(24-20)16-5-7-18(23)8-6-16/h2-8,13,15,25H,9-12,14H2,1H3. The van der Waals surface area contributed by atoms with Gasteiger partial charge >= 0.3 is 0 Å². The van der Waals surface area contributed by atoms with E-state index in [0.29, 0.717) is 30.9 Å². The molecule has 2 heterocycles. The summed E-state index contributed by atoms with van der Waals surface area (Å²) in [4.78, 5) is 21.5. The molecule has 0 radical (unpaired) electrons. The van der Waals surface area contributed by atoms with Gasteiger partial charge in [0.2, 0.25) is 10.0 Å². The molecule has 0 bridgehead atoms. The number of thiazole rings is 1. The maximum atomic E-state index is 13.1. The molecule has 1 aliphatic heterocycles. The van der Waals surface area contributed by atoms with Crippen molar-refractivity contribution in [3.8, 4) is 10.6 Å². The molecule has 1 aliphatic rings. The Morgan fingerprint density at radius 3 is 2.53 bits per heavy atom. The van der Waals surface area contributed by atoms with E-state index < -0.39 is 10.0 Å². The van der Waals surface area contributed by atoms with Crippen molar-refractivity contribution in [2.75, 3.05) is 37.2 Å². The van der Waals surface area contributed by atoms with Crippen LogP contribution >= 0.6 is 11.3 Å². The number of sulfonamides is 1. The van der Waals surface area contributed by atoms with Crippen molar-refractivity contribution in [3.63, 3.8) is 0 Å². The van der Waals surface area contributed by atoms with Crippen LogP contribution in [-0.2, 0) is 16.6 Å². The van der Waals surface area contributed by atoms with Gasteiger partial charge in [-0.2, -0.15) is 0 Å². The Balaban J connectivity index is 1.33. The highest BCUT2D eigenvalue weighted by Gasteiger charge is 2.23. The first-order valence-corrected chi connectivity index (χ1v) is 12.8. The summed E-state index contributed by atoms with van der Waals surface area (Å²) in [5.74, 6) is -0.384. The fraction of sp³-hybridized carbons (Fsp3) is 0.273. The third kappa shape index (κ3) is 5.70. The summed E-state index contributed by atoms with van der Waals surface area (Å²) in [5, 5.41) is 2.87. The summed E-state index contributed by atoms with van der Waals surface area (Å²) >= 11 is 1.53. The Kier molecular flexibility index (Phi) is 6.54. The molecule has 1 aromatic heterocycles. The van der Waals surface area contributed by atoms with Crippen LogP contribution in [0.4, 0.5) is 10.1 Å². The van der Waals surface area contributed by atoms with Gasteiger partial charge in [-0.3, -0.25) is 14.4 Å². The third-order valence-electron chi connectivity index (χ3n) is 5.10. The first-order chi connectivity index (χ1) is 15.3. The normalized spacial score (nSPS) is 15.0. The smallest absolute Gasteiger partial charge is 0.254 e. The highest BCUT2D eigenvalue weighted by molar-refractivity contribution is 7.92. The van der Waals surface area contributed by atoms with Crippen LogP contribution in [0.3, 0.4) is 0 Å². The van der Waals surface area contributed by atoms with Gasteiger partial charge in [-0.1, -0.05) is 6.07 Å². The van der Waals surface area contributed by atoms with Gasteiger partial charge in [-0.15, -0.1) is 11.3 Å². The van der Waals surface area contributed by atoms with Crippen LogP contribution < -0.4 is 4.72 Å². The number of benzene rings is 2. The van der Waals surface area contributed by atoms with Crippen molar-refractivity contribution in [3.05, 3.63) is 71.0 Å². The van der Waals surface area contributed by atoms with Gasteiger partial charge in [-0.05, 0) is 42.5 Å². The highest BCUT2D eigenvalue weighted by Crippen LogP contribution is 2.25. The fourth-order valence-electron chi connectivity index (χ4n) is 3.56. The Bertz CT molecular complexity index is 1200. The van der Waals surface area contributed by atoms with E-state index in [1.54, 1.807) is 41.3 Å².